The Morgan fingerprint density at radius 1 is 0.667 bits per heavy atom. The Labute approximate surface area is 196 Å². The van der Waals surface area contributed by atoms with E-state index in [1.54, 1.807) is 0 Å². The van der Waals surface area contributed by atoms with E-state index in [1.165, 1.54) is 12.2 Å². The molecule has 2 amide bonds. The molecular formula is C25H42F2N2O4. The van der Waals surface area contributed by atoms with Crippen molar-refractivity contribution in [3.05, 3.63) is 23.8 Å². The maximum Gasteiger partial charge on any atom is 0.279 e. The molecule has 0 bridgehead atoms. The minimum Gasteiger partial charge on any atom is -0.396 e. The Hall–Kier alpha value is -1.80. The van der Waals surface area contributed by atoms with E-state index in [9.17, 15) is 18.4 Å². The van der Waals surface area contributed by atoms with Gasteiger partial charge < -0.3 is 20.8 Å². The van der Waals surface area contributed by atoms with Gasteiger partial charge in [-0.25, -0.2) is 8.78 Å². The van der Waals surface area contributed by atoms with Crippen LogP contribution in [-0.2, 0) is 9.59 Å². The van der Waals surface area contributed by atoms with Crippen LogP contribution >= 0.6 is 0 Å². The van der Waals surface area contributed by atoms with Crippen LogP contribution in [0.3, 0.4) is 0 Å². The average molecular weight is 473 g/mol. The van der Waals surface area contributed by atoms with E-state index in [4.69, 9.17) is 10.2 Å². The number of amides is 2. The molecule has 0 heterocycles. The van der Waals surface area contributed by atoms with Crippen LogP contribution in [0.1, 0.15) is 96.3 Å². The molecule has 0 spiro atoms. The van der Waals surface area contributed by atoms with Gasteiger partial charge >= 0.3 is 0 Å². The van der Waals surface area contributed by atoms with Crippen LogP contribution in [0.4, 0.5) is 8.78 Å². The van der Waals surface area contributed by atoms with Crippen molar-refractivity contribution in [1.82, 2.24) is 10.6 Å². The van der Waals surface area contributed by atoms with Crippen molar-refractivity contribution >= 4 is 11.8 Å². The van der Waals surface area contributed by atoms with Gasteiger partial charge in [0.15, 0.2) is 11.7 Å². The van der Waals surface area contributed by atoms with Gasteiger partial charge in [-0.3, -0.25) is 9.59 Å². The molecule has 0 radical (unpaired) electrons. The van der Waals surface area contributed by atoms with Crippen molar-refractivity contribution in [2.24, 2.45) is 0 Å². The summed E-state index contributed by atoms with van der Waals surface area (Å²) in [5, 5.41) is 22.7. The highest BCUT2D eigenvalue weighted by Crippen LogP contribution is 2.21. The zero-order valence-electron chi connectivity index (χ0n) is 19.8. The first-order valence-electron chi connectivity index (χ1n) is 12.5. The zero-order valence-corrected chi connectivity index (χ0v) is 19.8. The van der Waals surface area contributed by atoms with Gasteiger partial charge in [-0.2, -0.15) is 0 Å². The Kier molecular flexibility index (Phi) is 16.5. The highest BCUT2D eigenvalue weighted by atomic mass is 19.1. The van der Waals surface area contributed by atoms with E-state index in [1.807, 2.05) is 0 Å². The van der Waals surface area contributed by atoms with Crippen LogP contribution in [0.2, 0.25) is 0 Å². The second-order valence-electron chi connectivity index (χ2n) is 8.76. The predicted octanol–water partition coefficient (Wildman–Crippen LogP) is 4.51. The molecule has 1 aliphatic carbocycles. The van der Waals surface area contributed by atoms with Crippen LogP contribution in [-0.4, -0.2) is 47.3 Å². The maximum atomic E-state index is 14.1. The average Bonchev–Trinajstić information content (AvgIpc) is 3.23. The lowest BCUT2D eigenvalue weighted by atomic mass is 10.1. The van der Waals surface area contributed by atoms with Crippen LogP contribution in [0, 0.1) is 0 Å². The predicted molar refractivity (Wildman–Crippen MR) is 126 cm³/mol. The number of rotatable bonds is 18. The van der Waals surface area contributed by atoms with Crippen LogP contribution < -0.4 is 10.6 Å². The molecule has 0 aromatic rings. The molecule has 6 nitrogen and oxygen atoms in total. The smallest absolute Gasteiger partial charge is 0.279 e. The summed E-state index contributed by atoms with van der Waals surface area (Å²) >= 11 is 0. The van der Waals surface area contributed by atoms with Gasteiger partial charge in [0, 0.05) is 25.3 Å². The van der Waals surface area contributed by atoms with Crippen molar-refractivity contribution in [3.8, 4) is 0 Å². The van der Waals surface area contributed by atoms with Gasteiger partial charge in [-0.1, -0.05) is 38.5 Å². The van der Waals surface area contributed by atoms with E-state index < -0.39 is 35.6 Å². The zero-order chi connectivity index (χ0) is 24.3. The second-order valence-corrected chi connectivity index (χ2v) is 8.76. The Morgan fingerprint density at radius 2 is 1.03 bits per heavy atom. The number of halogens is 2. The molecule has 0 aromatic carbocycles. The fourth-order valence-electron chi connectivity index (χ4n) is 4.00. The number of aliphatic hydroxyl groups is 2. The minimum atomic E-state index is -0.826. The summed E-state index contributed by atoms with van der Waals surface area (Å²) in [6.45, 7) is 0.375. The van der Waals surface area contributed by atoms with E-state index in [0.29, 0.717) is 25.7 Å². The molecule has 190 valence electrons. The van der Waals surface area contributed by atoms with E-state index in [0.717, 1.165) is 70.6 Å². The molecule has 0 saturated heterocycles. The van der Waals surface area contributed by atoms with E-state index in [2.05, 4.69) is 10.6 Å². The van der Waals surface area contributed by atoms with Crippen LogP contribution in [0.25, 0.3) is 0 Å². The summed E-state index contributed by atoms with van der Waals surface area (Å²) < 4.78 is 28.2. The van der Waals surface area contributed by atoms with E-state index >= 15 is 0 Å². The first-order chi connectivity index (χ1) is 16.0. The highest BCUT2D eigenvalue weighted by Gasteiger charge is 2.31. The molecule has 0 unspecified atom stereocenters. The van der Waals surface area contributed by atoms with Gasteiger partial charge in [-0.05, 0) is 69.9 Å². The lowest BCUT2D eigenvalue weighted by Gasteiger charge is -2.21. The SMILES string of the molecule is O=C(N[C@H]1CCC[C@H]1NC(=O)C(F)=CCCCCCCCO)C(F)=CCCCCCCCO. The lowest BCUT2D eigenvalue weighted by molar-refractivity contribution is -0.122. The minimum absolute atomic E-state index is 0.187. The molecule has 4 N–H and O–H groups in total. The second kappa shape index (κ2) is 18.6. The molecule has 0 aromatic heterocycles. The molecule has 2 atom stereocenters. The summed E-state index contributed by atoms with van der Waals surface area (Å²) in [6.07, 6.45) is 14.3. The summed E-state index contributed by atoms with van der Waals surface area (Å²) in [5.41, 5.74) is 0. The number of unbranched alkanes of at least 4 members (excludes halogenated alkanes) is 10. The Morgan fingerprint density at radius 3 is 1.42 bits per heavy atom. The highest BCUT2D eigenvalue weighted by molar-refractivity contribution is 5.92. The Bertz CT molecular complexity index is 574. The lowest BCUT2D eigenvalue weighted by Crippen LogP contribution is -2.48. The van der Waals surface area contributed by atoms with Crippen molar-refractivity contribution in [2.45, 2.75) is 108 Å². The molecule has 1 rings (SSSR count). The number of hydrogen-bond donors (Lipinski definition) is 4. The van der Waals surface area contributed by atoms with Crippen molar-refractivity contribution in [3.63, 3.8) is 0 Å². The molecule has 0 aliphatic heterocycles. The maximum absolute atomic E-state index is 14.1. The standard InChI is InChI=1S/C25H42F2N2O4/c26-20(14-9-5-1-3-7-11-18-30)24(32)28-22-16-13-17-23(22)29-25(33)21(27)15-10-6-2-4-8-12-19-31/h14-15,22-23,30-31H,1-13,16-19H2,(H,28,32)(H,29,33)/t22-,23+. The molecule has 1 saturated carbocycles. The third-order valence-electron chi connectivity index (χ3n) is 5.95. The number of nitrogens with one attached hydrogen (secondary N) is 2. The summed E-state index contributed by atoms with van der Waals surface area (Å²) in [4.78, 5) is 24.3. The van der Waals surface area contributed by atoms with Crippen LogP contribution in [0.5, 0.6) is 0 Å². The quantitative estimate of drug-likeness (QED) is 0.174. The number of carbonyl (C=O) groups is 2. The van der Waals surface area contributed by atoms with Crippen LogP contribution in [0.15, 0.2) is 23.8 Å². The van der Waals surface area contributed by atoms with Gasteiger partial charge in [0.1, 0.15) is 0 Å². The fourth-order valence-corrected chi connectivity index (χ4v) is 4.00. The molecule has 33 heavy (non-hydrogen) atoms. The number of allylic oxidation sites excluding steroid dienone is 2. The normalized spacial score (nSPS) is 19.0. The van der Waals surface area contributed by atoms with Crippen molar-refractivity contribution in [2.75, 3.05) is 13.2 Å². The number of aliphatic hydroxyl groups excluding tert-OH is 2. The van der Waals surface area contributed by atoms with Gasteiger partial charge in [0.05, 0.1) is 0 Å². The summed E-state index contributed by atoms with van der Waals surface area (Å²) in [7, 11) is 0. The summed E-state index contributed by atoms with van der Waals surface area (Å²) in [6, 6.07) is -0.836. The topological polar surface area (TPSA) is 98.7 Å². The molecule has 1 aliphatic rings. The number of carbonyl (C=O) groups excluding carboxylic acids is 2. The molecule has 1 fully saturated rings. The van der Waals surface area contributed by atoms with Gasteiger partial charge in [0.2, 0.25) is 0 Å². The number of hydrogen-bond acceptors (Lipinski definition) is 4. The fraction of sp³-hybridized carbons (Fsp3) is 0.760. The largest absolute Gasteiger partial charge is 0.396 e. The first kappa shape index (κ1) is 29.2. The third-order valence-corrected chi connectivity index (χ3v) is 5.95. The van der Waals surface area contributed by atoms with Crippen molar-refractivity contribution in [1.29, 1.82) is 0 Å². The first-order valence-corrected chi connectivity index (χ1v) is 12.5. The molecular weight excluding hydrogens is 430 g/mol. The van der Waals surface area contributed by atoms with Gasteiger partial charge in [0.25, 0.3) is 11.8 Å². The third kappa shape index (κ3) is 13.5. The molecule has 8 heteroatoms. The Balaban J connectivity index is 2.34. The van der Waals surface area contributed by atoms with E-state index in [-0.39, 0.29) is 13.2 Å². The monoisotopic (exact) mass is 472 g/mol. The van der Waals surface area contributed by atoms with Crippen molar-refractivity contribution < 1.29 is 28.6 Å². The van der Waals surface area contributed by atoms with Gasteiger partial charge in [-0.15, -0.1) is 0 Å². The summed E-state index contributed by atoms with van der Waals surface area (Å²) in [5.74, 6) is -3.24.